The lowest BCUT2D eigenvalue weighted by molar-refractivity contribution is -0.123. The number of carbonyl (C=O) groups excluding carboxylic acids is 1. The zero-order valence-electron chi connectivity index (χ0n) is 24.7. The Bertz CT molecular complexity index is 430. The van der Waals surface area contributed by atoms with Gasteiger partial charge in [-0.1, -0.05) is 95.9 Å². The lowest BCUT2D eigenvalue weighted by Crippen LogP contribution is -2.50. The number of hydrogen-bond acceptors (Lipinski definition) is 4. The van der Waals surface area contributed by atoms with E-state index >= 15 is 0 Å². The van der Waals surface area contributed by atoms with Crippen molar-refractivity contribution < 1.29 is 29.7 Å². The molecule has 2 unspecified atom stereocenters. The molecule has 1 fully saturated rings. The molecule has 0 radical (unpaired) electrons. The second-order valence-corrected chi connectivity index (χ2v) is 8.36. The Kier molecular flexibility index (Phi) is 44.8. The molecule has 5 N–H and O–H groups in total. The van der Waals surface area contributed by atoms with Crippen molar-refractivity contribution >= 4 is 18.5 Å². The fraction of sp³-hybridized carbons (Fsp3) is 0.885. The third-order valence-corrected chi connectivity index (χ3v) is 3.80. The van der Waals surface area contributed by atoms with Crippen LogP contribution < -0.4 is 10.6 Å². The van der Waals surface area contributed by atoms with E-state index in [-0.39, 0.29) is 29.3 Å². The monoisotopic (exact) mass is 496 g/mol. The van der Waals surface area contributed by atoms with Crippen LogP contribution >= 0.6 is 0 Å². The van der Waals surface area contributed by atoms with Crippen molar-refractivity contribution in [1.29, 1.82) is 0 Å². The Morgan fingerprint density at radius 2 is 1.26 bits per heavy atom. The summed E-state index contributed by atoms with van der Waals surface area (Å²) in [5.74, 6) is 0.0660. The van der Waals surface area contributed by atoms with Crippen LogP contribution in [0.3, 0.4) is 0 Å². The van der Waals surface area contributed by atoms with Gasteiger partial charge in [-0.2, -0.15) is 0 Å². The number of aliphatic hydroxyl groups excluding tert-OH is 1. The van der Waals surface area contributed by atoms with Crippen molar-refractivity contribution in [3.05, 3.63) is 0 Å². The van der Waals surface area contributed by atoms with Gasteiger partial charge in [0.25, 0.3) is 6.47 Å². The Morgan fingerprint density at radius 3 is 1.56 bits per heavy atom. The third-order valence-electron chi connectivity index (χ3n) is 3.80. The minimum absolute atomic E-state index is 0.0660. The van der Waals surface area contributed by atoms with E-state index in [1.54, 1.807) is 0 Å². The third kappa shape index (κ3) is 37.5. The van der Waals surface area contributed by atoms with E-state index in [9.17, 15) is 9.59 Å². The summed E-state index contributed by atoms with van der Waals surface area (Å²) < 4.78 is 0. The van der Waals surface area contributed by atoms with Crippen molar-refractivity contribution in [2.45, 2.75) is 128 Å². The van der Waals surface area contributed by atoms with E-state index in [0.717, 1.165) is 26.4 Å². The smallest absolute Gasteiger partial charge is 0.404 e. The van der Waals surface area contributed by atoms with Crippen molar-refractivity contribution in [2.24, 2.45) is 10.8 Å². The van der Waals surface area contributed by atoms with E-state index in [4.69, 9.17) is 20.1 Å². The van der Waals surface area contributed by atoms with E-state index in [1.165, 1.54) is 12.8 Å². The summed E-state index contributed by atoms with van der Waals surface area (Å²) in [6.45, 7) is 25.0. The summed E-state index contributed by atoms with van der Waals surface area (Å²) >= 11 is 0. The van der Waals surface area contributed by atoms with E-state index < -0.39 is 6.09 Å². The summed E-state index contributed by atoms with van der Waals surface area (Å²) in [7, 11) is 1.00. The quantitative estimate of drug-likeness (QED) is 0.280. The van der Waals surface area contributed by atoms with Gasteiger partial charge in [-0.25, -0.2) is 4.79 Å². The van der Waals surface area contributed by atoms with Crippen LogP contribution in [-0.2, 0) is 9.59 Å². The van der Waals surface area contributed by atoms with Crippen LogP contribution in [0.4, 0.5) is 4.79 Å². The first-order valence-corrected chi connectivity index (χ1v) is 12.7. The van der Waals surface area contributed by atoms with Gasteiger partial charge in [0.1, 0.15) is 0 Å². The molecule has 0 heterocycles. The standard InChI is InChI=1S/C14H26N2O3.2C3H8.2C2H6.CH2O2.CH4O/c1-5-11(17)16-10-6-13(2,3)8-14(4,7-10)9-15-12(18)19;2*1-3-2;2*1-2;2-1-3;1-2/h10,15H,5-9H2,1-4H3,(H,16,17)(H,18,19);2*3H2,1-2H3;2*1-2H3;1H,(H,2,3);2H,1H3. The van der Waals surface area contributed by atoms with Gasteiger partial charge >= 0.3 is 6.09 Å². The highest BCUT2D eigenvalue weighted by atomic mass is 16.4. The molecule has 8 heteroatoms. The zero-order valence-corrected chi connectivity index (χ0v) is 24.7. The lowest BCUT2D eigenvalue weighted by Gasteiger charge is -2.46. The first-order chi connectivity index (χ1) is 15.9. The predicted molar refractivity (Wildman–Crippen MR) is 145 cm³/mol. The highest BCUT2D eigenvalue weighted by Crippen LogP contribution is 2.45. The molecule has 1 rings (SSSR count). The molecule has 0 aliphatic heterocycles. The number of nitrogens with one attached hydrogen (secondary N) is 2. The number of hydrogen-bond donors (Lipinski definition) is 5. The first-order valence-electron chi connectivity index (χ1n) is 12.7. The van der Waals surface area contributed by atoms with Crippen molar-refractivity contribution in [3.8, 4) is 0 Å². The fourth-order valence-corrected chi connectivity index (χ4v) is 3.49. The molecule has 0 aromatic heterocycles. The minimum Gasteiger partial charge on any atom is -0.483 e. The van der Waals surface area contributed by atoms with E-state index in [1.807, 2.05) is 34.6 Å². The second kappa shape index (κ2) is 33.3. The van der Waals surface area contributed by atoms with Gasteiger partial charge in [0, 0.05) is 26.1 Å². The molecule has 0 spiro atoms. The van der Waals surface area contributed by atoms with Crippen LogP contribution in [-0.4, -0.2) is 53.5 Å². The van der Waals surface area contributed by atoms with Gasteiger partial charge in [-0.05, 0) is 30.1 Å². The average Bonchev–Trinajstić information content (AvgIpc) is 2.77. The number of carboxylic acid groups (broad SMARTS) is 2. The molecule has 2 amide bonds. The SMILES string of the molecule is CC.CC.CCC.CCC.CCC(=O)NC1CC(C)(C)CC(C)(CNC(=O)O)C1.CO.O=CO. The Labute approximate surface area is 211 Å². The molecule has 0 bridgehead atoms. The van der Waals surface area contributed by atoms with E-state index in [0.29, 0.717) is 13.0 Å². The highest BCUT2D eigenvalue weighted by Gasteiger charge is 2.41. The van der Waals surface area contributed by atoms with Gasteiger partial charge in [0.05, 0.1) is 0 Å². The number of carbonyl (C=O) groups is 3. The van der Waals surface area contributed by atoms with E-state index in [2.05, 4.69) is 59.1 Å². The van der Waals surface area contributed by atoms with Crippen molar-refractivity contribution in [1.82, 2.24) is 10.6 Å². The maximum absolute atomic E-state index is 11.5. The van der Waals surface area contributed by atoms with Gasteiger partial charge in [-0.15, -0.1) is 0 Å². The van der Waals surface area contributed by atoms with Crippen LogP contribution in [0.15, 0.2) is 0 Å². The Hall–Kier alpha value is -1.83. The number of amides is 2. The zero-order chi connectivity index (χ0) is 28.8. The van der Waals surface area contributed by atoms with Gasteiger partial charge < -0.3 is 26.0 Å². The summed E-state index contributed by atoms with van der Waals surface area (Å²) in [6.07, 6.45) is 4.72. The van der Waals surface area contributed by atoms with Gasteiger partial charge in [0.2, 0.25) is 5.91 Å². The normalized spacial score (nSPS) is 18.5. The molecule has 0 saturated heterocycles. The molecule has 1 saturated carbocycles. The molecule has 1 aliphatic carbocycles. The average molecular weight is 497 g/mol. The van der Waals surface area contributed by atoms with Gasteiger partial charge in [0.15, 0.2) is 0 Å². The summed E-state index contributed by atoms with van der Waals surface area (Å²) in [5.41, 5.74) is 0.00466. The first kappa shape index (κ1) is 45.6. The highest BCUT2D eigenvalue weighted by molar-refractivity contribution is 5.75. The molecule has 0 aromatic carbocycles. The fourth-order valence-electron chi connectivity index (χ4n) is 3.49. The lowest BCUT2D eigenvalue weighted by atomic mass is 9.62. The van der Waals surface area contributed by atoms with Crippen LogP contribution in [0.5, 0.6) is 0 Å². The van der Waals surface area contributed by atoms with Crippen LogP contribution in [0.2, 0.25) is 0 Å². The predicted octanol–water partition coefficient (Wildman–Crippen LogP) is 6.56. The van der Waals surface area contributed by atoms with Gasteiger partial charge in [-0.3, -0.25) is 9.59 Å². The Balaban J connectivity index is -0.000000109. The molecule has 8 nitrogen and oxygen atoms in total. The number of rotatable bonds is 4. The molecular weight excluding hydrogens is 436 g/mol. The maximum atomic E-state index is 11.5. The summed E-state index contributed by atoms with van der Waals surface area (Å²) in [4.78, 5) is 30.6. The molecule has 210 valence electrons. The molecular formula is C26H60N2O6. The largest absolute Gasteiger partial charge is 0.483 e. The molecule has 2 atom stereocenters. The minimum atomic E-state index is -0.987. The number of aliphatic hydroxyl groups is 1. The Morgan fingerprint density at radius 1 is 0.912 bits per heavy atom. The van der Waals surface area contributed by atoms with Crippen molar-refractivity contribution in [2.75, 3.05) is 13.7 Å². The summed E-state index contributed by atoms with van der Waals surface area (Å²) in [6, 6.07) is 0.136. The maximum Gasteiger partial charge on any atom is 0.404 e. The second-order valence-electron chi connectivity index (χ2n) is 8.36. The molecule has 1 aliphatic rings. The topological polar surface area (TPSA) is 136 Å². The molecule has 0 aromatic rings. The molecule has 34 heavy (non-hydrogen) atoms. The van der Waals surface area contributed by atoms with Crippen molar-refractivity contribution in [3.63, 3.8) is 0 Å². The van der Waals surface area contributed by atoms with Crippen LogP contribution in [0.25, 0.3) is 0 Å². The summed E-state index contributed by atoms with van der Waals surface area (Å²) in [5, 5.41) is 28.2. The van der Waals surface area contributed by atoms with Crippen LogP contribution in [0.1, 0.15) is 122 Å². The van der Waals surface area contributed by atoms with Crippen LogP contribution in [0, 0.1) is 10.8 Å².